The topological polar surface area (TPSA) is 28.4 Å². The predicted molar refractivity (Wildman–Crippen MR) is 85.0 cm³/mol. The van der Waals surface area contributed by atoms with Gasteiger partial charge >= 0.3 is 0 Å². The number of rotatable bonds is 6. The summed E-state index contributed by atoms with van der Waals surface area (Å²) >= 11 is 0. The molecule has 3 rings (SSSR count). The number of nitrogens with zero attached hydrogens (tertiary/aromatic N) is 1. The highest BCUT2D eigenvalue weighted by atomic mass is 16.3. The molecule has 1 fully saturated rings. The van der Waals surface area contributed by atoms with Crippen molar-refractivity contribution in [3.63, 3.8) is 0 Å². The second-order valence-corrected chi connectivity index (χ2v) is 5.74. The van der Waals surface area contributed by atoms with E-state index in [-0.39, 0.29) is 0 Å². The van der Waals surface area contributed by atoms with Crippen LogP contribution >= 0.6 is 0 Å². The molecule has 3 nitrogen and oxygen atoms in total. The van der Waals surface area contributed by atoms with Crippen molar-refractivity contribution in [2.45, 2.75) is 31.8 Å². The van der Waals surface area contributed by atoms with E-state index in [0.717, 1.165) is 18.8 Å². The molecule has 0 spiro atoms. The molecule has 21 heavy (non-hydrogen) atoms. The quantitative estimate of drug-likeness (QED) is 0.878. The molecule has 112 valence electrons. The smallest absolute Gasteiger partial charge is 0.122 e. The molecule has 1 atom stereocenters. The van der Waals surface area contributed by atoms with Gasteiger partial charge in [-0.2, -0.15) is 0 Å². The molecule has 0 saturated carbocycles. The fourth-order valence-electron chi connectivity index (χ4n) is 3.07. The molecule has 3 heteroatoms. The van der Waals surface area contributed by atoms with Crippen LogP contribution in [-0.4, -0.2) is 24.5 Å². The van der Waals surface area contributed by atoms with Gasteiger partial charge in [0.05, 0.1) is 12.3 Å². The van der Waals surface area contributed by atoms with E-state index in [1.165, 1.54) is 37.9 Å². The van der Waals surface area contributed by atoms with Crippen LogP contribution in [0.25, 0.3) is 0 Å². The Labute approximate surface area is 127 Å². The number of benzene rings is 1. The zero-order chi connectivity index (χ0) is 14.3. The summed E-state index contributed by atoms with van der Waals surface area (Å²) in [6.45, 7) is 4.20. The van der Waals surface area contributed by atoms with Crippen molar-refractivity contribution in [3.8, 4) is 0 Å². The van der Waals surface area contributed by atoms with Gasteiger partial charge in [0, 0.05) is 13.1 Å². The first-order valence-corrected chi connectivity index (χ1v) is 7.95. The highest BCUT2D eigenvalue weighted by Crippen LogP contribution is 2.24. The van der Waals surface area contributed by atoms with Crippen LogP contribution in [0.2, 0.25) is 0 Å². The van der Waals surface area contributed by atoms with Gasteiger partial charge in [0.15, 0.2) is 0 Å². The molecule has 0 aliphatic carbocycles. The lowest BCUT2D eigenvalue weighted by atomic mass is 10.1. The molecule has 1 aromatic carbocycles. The second-order valence-electron chi connectivity index (χ2n) is 5.74. The average Bonchev–Trinajstić information content (AvgIpc) is 3.07. The van der Waals surface area contributed by atoms with E-state index in [4.69, 9.17) is 4.42 Å². The molecule has 2 heterocycles. The summed E-state index contributed by atoms with van der Waals surface area (Å²) in [6.07, 6.45) is 5.74. The number of hydrogen-bond acceptors (Lipinski definition) is 3. The lowest BCUT2D eigenvalue weighted by Crippen LogP contribution is -2.38. The van der Waals surface area contributed by atoms with Gasteiger partial charge in [-0.3, -0.25) is 4.90 Å². The number of furan rings is 1. The Balaban J connectivity index is 1.59. The molecule has 0 bridgehead atoms. The van der Waals surface area contributed by atoms with Crippen LogP contribution in [0.15, 0.2) is 53.1 Å². The standard InChI is InChI=1S/C18H24N2O/c1-3-8-16(9-4-1)14-19-15-17(18-10-7-13-21-18)20-11-5-2-6-12-20/h1,3-4,7-10,13,17,19H,2,5-6,11-12,14-15H2. The molecule has 1 saturated heterocycles. The fraction of sp³-hybridized carbons (Fsp3) is 0.444. The number of nitrogens with one attached hydrogen (secondary N) is 1. The molecule has 1 unspecified atom stereocenters. The van der Waals surface area contributed by atoms with Gasteiger partial charge in [0.2, 0.25) is 0 Å². The lowest BCUT2D eigenvalue weighted by Gasteiger charge is -2.33. The third-order valence-electron chi connectivity index (χ3n) is 4.21. The SMILES string of the molecule is c1ccc(CNCC(c2ccco2)N2CCCCC2)cc1. The van der Waals surface area contributed by atoms with Crippen LogP contribution < -0.4 is 5.32 Å². The zero-order valence-corrected chi connectivity index (χ0v) is 12.5. The molecule has 2 aromatic rings. The van der Waals surface area contributed by atoms with Crippen molar-refractivity contribution >= 4 is 0 Å². The molecule has 1 aliphatic rings. The van der Waals surface area contributed by atoms with Crippen molar-refractivity contribution in [2.75, 3.05) is 19.6 Å². The molecular weight excluding hydrogens is 260 g/mol. The molecular formula is C18H24N2O. The van der Waals surface area contributed by atoms with Gasteiger partial charge in [0.25, 0.3) is 0 Å². The maximum atomic E-state index is 5.67. The normalized spacial score (nSPS) is 17.7. The first-order chi connectivity index (χ1) is 10.4. The Morgan fingerprint density at radius 3 is 2.52 bits per heavy atom. The van der Waals surface area contributed by atoms with E-state index in [1.54, 1.807) is 6.26 Å². The van der Waals surface area contributed by atoms with Crippen LogP contribution in [0.1, 0.15) is 36.6 Å². The van der Waals surface area contributed by atoms with Gasteiger partial charge in [-0.15, -0.1) is 0 Å². The third-order valence-corrected chi connectivity index (χ3v) is 4.21. The summed E-state index contributed by atoms with van der Waals surface area (Å²) in [5.41, 5.74) is 1.33. The summed E-state index contributed by atoms with van der Waals surface area (Å²) < 4.78 is 5.67. The monoisotopic (exact) mass is 284 g/mol. The van der Waals surface area contributed by atoms with Crippen molar-refractivity contribution in [3.05, 3.63) is 60.1 Å². The second kappa shape index (κ2) is 7.43. The van der Waals surface area contributed by atoms with E-state index in [1.807, 2.05) is 6.07 Å². The maximum absolute atomic E-state index is 5.67. The summed E-state index contributed by atoms with van der Waals surface area (Å²) in [4.78, 5) is 2.56. The minimum absolute atomic E-state index is 0.351. The highest BCUT2D eigenvalue weighted by Gasteiger charge is 2.23. The Morgan fingerprint density at radius 1 is 1.00 bits per heavy atom. The number of piperidine rings is 1. The Hall–Kier alpha value is -1.58. The van der Waals surface area contributed by atoms with Gasteiger partial charge in [0.1, 0.15) is 5.76 Å². The minimum atomic E-state index is 0.351. The summed E-state index contributed by atoms with van der Waals surface area (Å²) in [7, 11) is 0. The van der Waals surface area contributed by atoms with Crippen LogP contribution in [0.5, 0.6) is 0 Å². The highest BCUT2D eigenvalue weighted by molar-refractivity contribution is 5.14. The first kappa shape index (κ1) is 14.4. The molecule has 0 amide bonds. The van der Waals surface area contributed by atoms with E-state index in [2.05, 4.69) is 46.6 Å². The van der Waals surface area contributed by atoms with Gasteiger partial charge in [-0.05, 0) is 43.6 Å². The van der Waals surface area contributed by atoms with Gasteiger partial charge in [-0.25, -0.2) is 0 Å². The summed E-state index contributed by atoms with van der Waals surface area (Å²) in [6, 6.07) is 15.0. The lowest BCUT2D eigenvalue weighted by molar-refractivity contribution is 0.142. The Kier molecular flexibility index (Phi) is 5.08. The van der Waals surface area contributed by atoms with E-state index in [0.29, 0.717) is 6.04 Å². The van der Waals surface area contributed by atoms with Crippen LogP contribution in [-0.2, 0) is 6.54 Å². The van der Waals surface area contributed by atoms with E-state index in [9.17, 15) is 0 Å². The molecule has 1 N–H and O–H groups in total. The van der Waals surface area contributed by atoms with Crippen LogP contribution in [0.3, 0.4) is 0 Å². The van der Waals surface area contributed by atoms with Gasteiger partial charge < -0.3 is 9.73 Å². The van der Waals surface area contributed by atoms with E-state index < -0.39 is 0 Å². The number of likely N-dealkylation sites (tertiary alicyclic amines) is 1. The molecule has 1 aliphatic heterocycles. The van der Waals surface area contributed by atoms with Crippen molar-refractivity contribution in [1.29, 1.82) is 0 Å². The fourth-order valence-corrected chi connectivity index (χ4v) is 3.07. The predicted octanol–water partition coefficient (Wildman–Crippen LogP) is 3.60. The van der Waals surface area contributed by atoms with Crippen LogP contribution in [0, 0.1) is 0 Å². The van der Waals surface area contributed by atoms with Crippen molar-refractivity contribution < 1.29 is 4.42 Å². The number of hydrogen-bond donors (Lipinski definition) is 1. The van der Waals surface area contributed by atoms with Crippen molar-refractivity contribution in [1.82, 2.24) is 10.2 Å². The summed E-state index contributed by atoms with van der Waals surface area (Å²) in [5, 5.41) is 3.59. The Bertz CT molecular complexity index is 503. The largest absolute Gasteiger partial charge is 0.468 e. The van der Waals surface area contributed by atoms with Crippen molar-refractivity contribution in [2.24, 2.45) is 0 Å². The van der Waals surface area contributed by atoms with E-state index >= 15 is 0 Å². The Morgan fingerprint density at radius 2 is 1.81 bits per heavy atom. The molecule has 0 radical (unpaired) electrons. The third kappa shape index (κ3) is 3.96. The van der Waals surface area contributed by atoms with Crippen LogP contribution in [0.4, 0.5) is 0 Å². The zero-order valence-electron chi connectivity index (χ0n) is 12.5. The molecule has 1 aromatic heterocycles. The minimum Gasteiger partial charge on any atom is -0.468 e. The summed E-state index contributed by atoms with van der Waals surface area (Å²) in [5.74, 6) is 1.08. The average molecular weight is 284 g/mol. The first-order valence-electron chi connectivity index (χ1n) is 7.95. The maximum Gasteiger partial charge on any atom is 0.122 e. The van der Waals surface area contributed by atoms with Gasteiger partial charge in [-0.1, -0.05) is 36.8 Å².